The summed E-state index contributed by atoms with van der Waals surface area (Å²) in [4.78, 5) is 45.7. The Morgan fingerprint density at radius 3 is 2.44 bits per heavy atom. The Morgan fingerprint density at radius 1 is 1.06 bits per heavy atom. The summed E-state index contributed by atoms with van der Waals surface area (Å²) in [5, 5.41) is 2.51. The van der Waals surface area contributed by atoms with Crippen molar-refractivity contribution in [1.29, 1.82) is 0 Å². The van der Waals surface area contributed by atoms with Crippen LogP contribution in [0.1, 0.15) is 16.8 Å². The molecule has 3 heterocycles. The molecule has 1 unspecified atom stereocenters. The van der Waals surface area contributed by atoms with E-state index in [0.29, 0.717) is 31.7 Å². The number of pyridine rings is 1. The van der Waals surface area contributed by atoms with E-state index in [1.54, 1.807) is 0 Å². The van der Waals surface area contributed by atoms with Crippen molar-refractivity contribution in [2.45, 2.75) is 25.3 Å². The van der Waals surface area contributed by atoms with Crippen molar-refractivity contribution in [2.75, 3.05) is 26.2 Å². The van der Waals surface area contributed by atoms with Crippen LogP contribution in [0.2, 0.25) is 0 Å². The molecule has 1 aromatic carbocycles. The van der Waals surface area contributed by atoms with E-state index in [9.17, 15) is 27.6 Å². The Kier molecular flexibility index (Phi) is 7.78. The molecule has 1 N–H and O–H groups in total. The number of benzene rings is 1. The lowest BCUT2D eigenvalue weighted by molar-refractivity contribution is -0.141. The number of nitrogens with one attached hydrogen (secondary N) is 1. The summed E-state index contributed by atoms with van der Waals surface area (Å²) in [5.74, 6) is -1.01. The molecule has 1 aromatic heterocycles. The maximum Gasteiger partial charge on any atom is 0.433 e. The molecule has 2 aromatic rings. The van der Waals surface area contributed by atoms with Crippen LogP contribution in [0.4, 0.5) is 18.0 Å². The van der Waals surface area contributed by atoms with Crippen molar-refractivity contribution in [1.82, 2.24) is 25.0 Å². The molecular formula is C22H23ClF3N5O3. The highest BCUT2D eigenvalue weighted by atomic mass is 35.5. The van der Waals surface area contributed by atoms with Gasteiger partial charge in [-0.2, -0.15) is 13.2 Å². The number of carbonyl (C=O) groups excluding carboxylic acids is 3. The van der Waals surface area contributed by atoms with Gasteiger partial charge in [0, 0.05) is 38.9 Å². The Bertz CT molecular complexity index is 1040. The van der Waals surface area contributed by atoms with Gasteiger partial charge >= 0.3 is 12.2 Å². The molecule has 0 aliphatic carbocycles. The Labute approximate surface area is 200 Å². The largest absolute Gasteiger partial charge is 0.433 e. The van der Waals surface area contributed by atoms with Crippen molar-refractivity contribution in [2.24, 2.45) is 0 Å². The normalized spacial score (nSPS) is 18.5. The van der Waals surface area contributed by atoms with E-state index >= 15 is 0 Å². The van der Waals surface area contributed by atoms with Crippen molar-refractivity contribution >= 4 is 30.3 Å². The smallest absolute Gasteiger partial charge is 0.350 e. The number of aromatic nitrogens is 1. The molecule has 1 atom stereocenters. The third-order valence-electron chi connectivity index (χ3n) is 5.65. The second-order valence-corrected chi connectivity index (χ2v) is 7.96. The van der Waals surface area contributed by atoms with Crippen LogP contribution in [-0.4, -0.2) is 69.8 Å². The van der Waals surface area contributed by atoms with Gasteiger partial charge in [0.1, 0.15) is 18.3 Å². The molecule has 12 heteroatoms. The standard InChI is InChI=1S/C22H22F3N5O3.ClH/c23-22(24,25)18-7-6-16(10-26-18)11-27-19(31)14-30-20(32)17-13-28(8-9-29(17)21(30)33)12-15-4-2-1-3-5-15;/h1-7,10,17H,8-9,11-14H2,(H,27,31);1H. The van der Waals surface area contributed by atoms with Crippen LogP contribution in [0.5, 0.6) is 0 Å². The molecule has 0 bridgehead atoms. The van der Waals surface area contributed by atoms with Gasteiger partial charge in [-0.15, -0.1) is 12.4 Å². The fourth-order valence-electron chi connectivity index (χ4n) is 3.94. The van der Waals surface area contributed by atoms with E-state index in [-0.39, 0.29) is 19.0 Å². The number of halogens is 4. The van der Waals surface area contributed by atoms with E-state index < -0.39 is 42.3 Å². The molecule has 0 saturated carbocycles. The SMILES string of the molecule is Cl.O=C(CN1C(=O)C2CN(Cc3ccccc3)CCN2C1=O)NCc1ccc(C(F)(F)F)nc1. The van der Waals surface area contributed by atoms with Gasteiger partial charge in [0.25, 0.3) is 5.91 Å². The van der Waals surface area contributed by atoms with Crippen molar-refractivity contribution in [3.63, 3.8) is 0 Å². The third-order valence-corrected chi connectivity index (χ3v) is 5.65. The van der Waals surface area contributed by atoms with Crippen LogP contribution >= 0.6 is 12.4 Å². The first kappa shape index (κ1) is 25.4. The van der Waals surface area contributed by atoms with E-state index in [0.717, 1.165) is 22.7 Å². The van der Waals surface area contributed by atoms with Crippen molar-refractivity contribution < 1.29 is 27.6 Å². The minimum atomic E-state index is -4.54. The average Bonchev–Trinajstić information content (AvgIpc) is 3.02. The predicted octanol–water partition coefficient (Wildman–Crippen LogP) is 2.29. The first-order valence-electron chi connectivity index (χ1n) is 10.4. The monoisotopic (exact) mass is 497 g/mol. The Balaban J connectivity index is 0.00000324. The molecule has 2 saturated heterocycles. The summed E-state index contributed by atoms with van der Waals surface area (Å²) in [5.41, 5.74) is 0.449. The maximum absolute atomic E-state index is 12.8. The molecule has 2 fully saturated rings. The van der Waals surface area contributed by atoms with Crippen LogP contribution in [0.15, 0.2) is 48.7 Å². The maximum atomic E-state index is 12.8. The van der Waals surface area contributed by atoms with Gasteiger partial charge in [0.05, 0.1) is 0 Å². The second kappa shape index (κ2) is 10.4. The zero-order valence-electron chi connectivity index (χ0n) is 18.0. The molecule has 0 spiro atoms. The number of rotatable bonds is 6. The van der Waals surface area contributed by atoms with Gasteiger partial charge in [-0.3, -0.25) is 24.4 Å². The Morgan fingerprint density at radius 2 is 1.79 bits per heavy atom. The van der Waals surface area contributed by atoms with Gasteiger partial charge in [0.15, 0.2) is 0 Å². The number of piperazine rings is 1. The number of fused-ring (bicyclic) bond motifs is 1. The van der Waals surface area contributed by atoms with Gasteiger partial charge in [-0.25, -0.2) is 4.79 Å². The van der Waals surface area contributed by atoms with Gasteiger partial charge in [-0.1, -0.05) is 36.4 Å². The molecule has 4 amide bonds. The zero-order valence-corrected chi connectivity index (χ0v) is 18.8. The highest BCUT2D eigenvalue weighted by molar-refractivity contribution is 6.06. The summed E-state index contributed by atoms with van der Waals surface area (Å²) in [6.45, 7) is 1.53. The molecule has 0 radical (unpaired) electrons. The minimum Gasteiger partial charge on any atom is -0.350 e. The van der Waals surface area contributed by atoms with Crippen LogP contribution in [0, 0.1) is 0 Å². The van der Waals surface area contributed by atoms with E-state index in [1.165, 1.54) is 11.0 Å². The number of amides is 4. The molecule has 34 heavy (non-hydrogen) atoms. The summed E-state index contributed by atoms with van der Waals surface area (Å²) >= 11 is 0. The van der Waals surface area contributed by atoms with Crippen LogP contribution < -0.4 is 5.32 Å². The van der Waals surface area contributed by atoms with E-state index in [2.05, 4.69) is 15.2 Å². The number of nitrogens with zero attached hydrogens (tertiary/aromatic N) is 4. The topological polar surface area (TPSA) is 85.9 Å². The predicted molar refractivity (Wildman–Crippen MR) is 118 cm³/mol. The summed E-state index contributed by atoms with van der Waals surface area (Å²) in [6, 6.07) is 10.7. The van der Waals surface area contributed by atoms with Crippen LogP contribution in [0.25, 0.3) is 0 Å². The molecule has 4 rings (SSSR count). The lowest BCUT2D eigenvalue weighted by atomic mass is 10.1. The lowest BCUT2D eigenvalue weighted by Crippen LogP contribution is -2.52. The van der Waals surface area contributed by atoms with Gasteiger partial charge < -0.3 is 10.2 Å². The van der Waals surface area contributed by atoms with E-state index in [4.69, 9.17) is 0 Å². The van der Waals surface area contributed by atoms with Gasteiger partial charge in [0.2, 0.25) is 5.91 Å². The van der Waals surface area contributed by atoms with Crippen molar-refractivity contribution in [3.8, 4) is 0 Å². The van der Waals surface area contributed by atoms with Crippen molar-refractivity contribution in [3.05, 3.63) is 65.5 Å². The number of hydrogen-bond acceptors (Lipinski definition) is 5. The second-order valence-electron chi connectivity index (χ2n) is 7.96. The fourth-order valence-corrected chi connectivity index (χ4v) is 3.94. The molecule has 182 valence electrons. The highest BCUT2D eigenvalue weighted by Gasteiger charge is 2.48. The molecule has 8 nitrogen and oxygen atoms in total. The average molecular weight is 498 g/mol. The molecule has 2 aliphatic rings. The number of urea groups is 1. The summed E-state index contributed by atoms with van der Waals surface area (Å²) in [6.07, 6.45) is -3.52. The summed E-state index contributed by atoms with van der Waals surface area (Å²) < 4.78 is 37.8. The van der Waals surface area contributed by atoms with Gasteiger partial charge in [-0.05, 0) is 17.2 Å². The third kappa shape index (κ3) is 5.65. The first-order chi connectivity index (χ1) is 15.7. The first-order valence-corrected chi connectivity index (χ1v) is 10.4. The number of imide groups is 1. The zero-order chi connectivity index (χ0) is 23.6. The van der Waals surface area contributed by atoms with Crippen LogP contribution in [0.3, 0.4) is 0 Å². The number of alkyl halides is 3. The highest BCUT2D eigenvalue weighted by Crippen LogP contribution is 2.27. The molecular weight excluding hydrogens is 475 g/mol. The lowest BCUT2D eigenvalue weighted by Gasteiger charge is -2.35. The quantitative estimate of drug-likeness (QED) is 0.619. The number of carbonyl (C=O) groups is 3. The fraction of sp³-hybridized carbons (Fsp3) is 0.364. The number of hydrogen-bond donors (Lipinski definition) is 1. The summed E-state index contributed by atoms with van der Waals surface area (Å²) in [7, 11) is 0. The molecule has 2 aliphatic heterocycles. The Hall–Kier alpha value is -3.18. The van der Waals surface area contributed by atoms with Crippen LogP contribution in [-0.2, 0) is 28.9 Å². The minimum absolute atomic E-state index is 0. The van der Waals surface area contributed by atoms with E-state index in [1.807, 2.05) is 30.3 Å².